The Bertz CT molecular complexity index is 1690. The summed E-state index contributed by atoms with van der Waals surface area (Å²) < 4.78 is 20.6. The molecule has 1 amide bonds. The van der Waals surface area contributed by atoms with E-state index in [-0.39, 0.29) is 24.6 Å². The average Bonchev–Trinajstić information content (AvgIpc) is 3.40. The van der Waals surface area contributed by atoms with Crippen LogP contribution >= 0.6 is 11.3 Å². The van der Waals surface area contributed by atoms with Crippen molar-refractivity contribution in [1.29, 1.82) is 0 Å². The van der Waals surface area contributed by atoms with Gasteiger partial charge in [-0.2, -0.15) is 10.2 Å². The van der Waals surface area contributed by atoms with Crippen LogP contribution in [0.15, 0.2) is 44.1 Å². The van der Waals surface area contributed by atoms with Gasteiger partial charge in [0.1, 0.15) is 27.2 Å². The van der Waals surface area contributed by atoms with E-state index in [1.807, 2.05) is 24.3 Å². The summed E-state index contributed by atoms with van der Waals surface area (Å²) in [6, 6.07) is 7.54. The molecule has 5 rings (SSSR count). The Morgan fingerprint density at radius 2 is 1.80 bits per heavy atom. The van der Waals surface area contributed by atoms with Crippen molar-refractivity contribution in [3.05, 3.63) is 56.2 Å². The fourth-order valence-corrected chi connectivity index (χ4v) is 7.66. The van der Waals surface area contributed by atoms with Crippen LogP contribution in [0.4, 0.5) is 5.00 Å². The summed E-state index contributed by atoms with van der Waals surface area (Å²) >= 11 is 1.19. The monoisotopic (exact) mass is 652 g/mol. The Labute approximate surface area is 272 Å². The van der Waals surface area contributed by atoms with Gasteiger partial charge >= 0.3 is 5.69 Å². The molecule has 13 heteroatoms. The quantitative estimate of drug-likeness (QED) is 0.222. The number of anilines is 1. The van der Waals surface area contributed by atoms with E-state index in [1.165, 1.54) is 21.0 Å². The number of hydrazone groups is 2. The Kier molecular flexibility index (Phi) is 10.4. The molecule has 0 radical (unpaired) electrons. The predicted octanol–water partition coefficient (Wildman–Crippen LogP) is 4.70. The molecule has 1 aromatic carbocycles. The van der Waals surface area contributed by atoms with E-state index in [4.69, 9.17) is 14.2 Å². The van der Waals surface area contributed by atoms with Gasteiger partial charge in [-0.25, -0.2) is 9.36 Å². The molecule has 2 aromatic heterocycles. The van der Waals surface area contributed by atoms with Crippen LogP contribution in [0, 0.1) is 6.92 Å². The van der Waals surface area contributed by atoms with Gasteiger partial charge in [0, 0.05) is 43.8 Å². The van der Waals surface area contributed by atoms with E-state index < -0.39 is 22.9 Å². The summed E-state index contributed by atoms with van der Waals surface area (Å²) in [4.78, 5) is 43.3. The minimum absolute atomic E-state index is 0.00496. The molecule has 1 atom stereocenters. The summed E-state index contributed by atoms with van der Waals surface area (Å²) in [7, 11) is 1.59. The minimum Gasteiger partial charge on any atom is -0.496 e. The highest BCUT2D eigenvalue weighted by Crippen LogP contribution is 2.38. The van der Waals surface area contributed by atoms with Gasteiger partial charge in [0.2, 0.25) is 5.91 Å². The summed E-state index contributed by atoms with van der Waals surface area (Å²) in [5.41, 5.74) is -1.36. The maximum Gasteiger partial charge on any atom is 0.333 e. The fraction of sp³-hybridized carbons (Fsp3) is 0.545. The number of benzene rings is 1. The van der Waals surface area contributed by atoms with Gasteiger partial charge in [0.25, 0.3) is 5.56 Å². The van der Waals surface area contributed by atoms with Gasteiger partial charge in [0.05, 0.1) is 25.1 Å². The smallest absolute Gasteiger partial charge is 0.333 e. The summed E-state index contributed by atoms with van der Waals surface area (Å²) in [5, 5.41) is 13.0. The van der Waals surface area contributed by atoms with Crippen molar-refractivity contribution in [3.8, 4) is 5.75 Å². The fourth-order valence-electron chi connectivity index (χ4n) is 6.42. The lowest BCUT2D eigenvalue weighted by atomic mass is 9.94. The third-order valence-corrected chi connectivity index (χ3v) is 10.3. The second-order valence-corrected chi connectivity index (χ2v) is 13.3. The number of amides is 1. The van der Waals surface area contributed by atoms with Gasteiger partial charge in [-0.1, -0.05) is 48.8 Å². The van der Waals surface area contributed by atoms with Crippen molar-refractivity contribution in [2.45, 2.75) is 96.1 Å². The molecule has 0 bridgehead atoms. The first-order valence-corrected chi connectivity index (χ1v) is 16.6. The van der Waals surface area contributed by atoms with Crippen LogP contribution in [0.25, 0.3) is 10.2 Å². The molecule has 46 heavy (non-hydrogen) atoms. The van der Waals surface area contributed by atoms with E-state index in [0.717, 1.165) is 42.2 Å². The van der Waals surface area contributed by atoms with Crippen LogP contribution in [0.3, 0.4) is 0 Å². The highest BCUT2D eigenvalue weighted by molar-refractivity contribution is 7.22. The van der Waals surface area contributed by atoms with Crippen LogP contribution < -0.4 is 26.4 Å². The summed E-state index contributed by atoms with van der Waals surface area (Å²) in [6.45, 7) is 13.4. The molecule has 1 N–H and O–H groups in total. The number of para-hydroxylation sites is 1. The van der Waals surface area contributed by atoms with Crippen LogP contribution in [-0.2, 0) is 26.4 Å². The van der Waals surface area contributed by atoms with Gasteiger partial charge < -0.3 is 19.5 Å². The van der Waals surface area contributed by atoms with Crippen LogP contribution in [-0.4, -0.2) is 60.9 Å². The van der Waals surface area contributed by atoms with E-state index >= 15 is 0 Å². The lowest BCUT2D eigenvalue weighted by Gasteiger charge is -2.32. The van der Waals surface area contributed by atoms with Gasteiger partial charge in [0.15, 0.2) is 0 Å². The number of hydrogen-bond acceptors (Lipinski definition) is 10. The van der Waals surface area contributed by atoms with Crippen LogP contribution in [0.5, 0.6) is 5.75 Å². The molecule has 2 aliphatic rings. The molecule has 3 aromatic rings. The highest BCUT2D eigenvalue weighted by atomic mass is 32.1. The molecule has 248 valence electrons. The molecule has 1 aliphatic carbocycles. The number of aryl methyl sites for hydroxylation is 1. The van der Waals surface area contributed by atoms with E-state index in [1.54, 1.807) is 27.9 Å². The van der Waals surface area contributed by atoms with E-state index in [0.29, 0.717) is 52.6 Å². The average molecular weight is 653 g/mol. The zero-order valence-corrected chi connectivity index (χ0v) is 27.9. The SMILES string of the molecule is C=NN(N=C)c1sc2c(c1C)c(=O)n(C(C)(C)C(=O)NC1CCCCC1)c(=O)n2C[C@H](OC1CCOCC1)c1ccccc1OC. The Morgan fingerprint density at radius 1 is 1.13 bits per heavy atom. The maximum atomic E-state index is 14.7. The number of ether oxygens (including phenoxy) is 3. The number of rotatable bonds is 12. The Morgan fingerprint density at radius 3 is 2.46 bits per heavy atom. The predicted molar refractivity (Wildman–Crippen MR) is 182 cm³/mol. The first-order chi connectivity index (χ1) is 22.1. The van der Waals surface area contributed by atoms with Crippen molar-refractivity contribution in [2.75, 3.05) is 25.4 Å². The van der Waals surface area contributed by atoms with Gasteiger partial charge in [-0.3, -0.25) is 14.2 Å². The number of nitrogens with zero attached hydrogens (tertiary/aromatic N) is 5. The molecule has 12 nitrogen and oxygen atoms in total. The number of methoxy groups -OCH3 is 1. The molecule has 1 saturated heterocycles. The second kappa shape index (κ2) is 14.3. The molecule has 0 unspecified atom stereocenters. The zero-order valence-electron chi connectivity index (χ0n) is 27.1. The topological polar surface area (TPSA) is 129 Å². The first kappa shape index (κ1) is 33.6. The van der Waals surface area contributed by atoms with Gasteiger partial charge in [-0.05, 0) is 52.5 Å². The number of carbonyl (C=O) groups is 1. The van der Waals surface area contributed by atoms with Crippen molar-refractivity contribution in [3.63, 3.8) is 0 Å². The van der Waals surface area contributed by atoms with E-state index in [2.05, 4.69) is 29.0 Å². The summed E-state index contributed by atoms with van der Waals surface area (Å²) in [5.74, 6) is 0.241. The largest absolute Gasteiger partial charge is 0.496 e. The molecular formula is C33H44N6O6S. The lowest BCUT2D eigenvalue weighted by Crippen LogP contribution is -2.57. The lowest BCUT2D eigenvalue weighted by molar-refractivity contribution is -0.129. The van der Waals surface area contributed by atoms with Crippen molar-refractivity contribution in [2.24, 2.45) is 10.2 Å². The first-order valence-electron chi connectivity index (χ1n) is 15.8. The standard InChI is InChI=1S/C33H44N6O6S/c1-21-27-28(40)38(33(2,3)31(41)36-22-12-8-7-9-13-22)32(42)37(30(27)46-29(21)39(34-4)35-5)20-26(45-23-16-18-44-19-17-23)24-14-10-11-15-25(24)43-6/h10-11,14-15,22-23,26H,4-5,7-9,12-13,16-20H2,1-3,6H3,(H,36,41)/t26-/m0/s1. The van der Waals surface area contributed by atoms with Crippen molar-refractivity contribution < 1.29 is 19.0 Å². The normalized spacial score (nSPS) is 17.0. The van der Waals surface area contributed by atoms with Crippen molar-refractivity contribution in [1.82, 2.24) is 14.5 Å². The number of carbonyl (C=O) groups excluding carboxylic acids is 1. The van der Waals surface area contributed by atoms with Crippen molar-refractivity contribution >= 4 is 45.9 Å². The number of nitrogens with one attached hydrogen (secondary N) is 1. The molecular weight excluding hydrogens is 608 g/mol. The third kappa shape index (κ3) is 6.53. The van der Waals surface area contributed by atoms with Crippen LogP contribution in [0.1, 0.15) is 76.0 Å². The molecule has 3 heterocycles. The zero-order chi connectivity index (χ0) is 33.0. The number of hydrogen-bond donors (Lipinski definition) is 1. The number of thiophene rings is 1. The number of fused-ring (bicyclic) bond motifs is 1. The Balaban J connectivity index is 1.70. The van der Waals surface area contributed by atoms with E-state index in [9.17, 15) is 14.4 Å². The minimum atomic E-state index is -1.50. The van der Waals surface area contributed by atoms with Gasteiger partial charge in [-0.15, -0.1) is 5.12 Å². The second-order valence-electron chi connectivity index (χ2n) is 12.4. The summed E-state index contributed by atoms with van der Waals surface area (Å²) in [6.07, 6.45) is 5.62. The number of aromatic nitrogens is 2. The highest BCUT2D eigenvalue weighted by Gasteiger charge is 2.37. The molecule has 1 aliphatic heterocycles. The molecule has 1 saturated carbocycles. The maximum absolute atomic E-state index is 14.7. The molecule has 0 spiro atoms. The molecule has 2 fully saturated rings. The third-order valence-electron chi connectivity index (χ3n) is 9.05. The van der Waals surface area contributed by atoms with Crippen LogP contribution in [0.2, 0.25) is 0 Å². The Hall–Kier alpha value is -3.81.